The third-order valence-corrected chi connectivity index (χ3v) is 6.16. The quantitative estimate of drug-likeness (QED) is 0.707. The Hall–Kier alpha value is -2.74. The number of hydrogen-bond acceptors (Lipinski definition) is 7. The number of nitrogens with zero attached hydrogens (tertiary/aromatic N) is 5. The highest BCUT2D eigenvalue weighted by atomic mass is 32.2. The molecule has 29 heavy (non-hydrogen) atoms. The van der Waals surface area contributed by atoms with Crippen LogP contribution in [0.25, 0.3) is 5.69 Å². The maximum Gasteiger partial charge on any atom is 0.298 e. The lowest BCUT2D eigenvalue weighted by Gasteiger charge is -2.33. The summed E-state index contributed by atoms with van der Waals surface area (Å²) in [6, 6.07) is 8.82. The van der Waals surface area contributed by atoms with E-state index in [9.17, 15) is 13.2 Å². The van der Waals surface area contributed by atoms with Gasteiger partial charge in [-0.25, -0.2) is 13.4 Å². The summed E-state index contributed by atoms with van der Waals surface area (Å²) in [6.45, 7) is 1.92. The lowest BCUT2D eigenvalue weighted by Crippen LogP contribution is -2.50. The molecule has 2 heterocycles. The molecular weight excluding hydrogens is 392 g/mol. The van der Waals surface area contributed by atoms with E-state index < -0.39 is 10.0 Å². The zero-order valence-electron chi connectivity index (χ0n) is 16.3. The zero-order chi connectivity index (χ0) is 21.0. The van der Waals surface area contributed by atoms with Gasteiger partial charge in [0.05, 0.1) is 23.6 Å². The molecule has 1 saturated heterocycles. The summed E-state index contributed by atoms with van der Waals surface area (Å²) in [5.74, 6) is 0.303. The highest BCUT2D eigenvalue weighted by Crippen LogP contribution is 2.15. The van der Waals surface area contributed by atoms with Crippen molar-refractivity contribution in [3.63, 3.8) is 0 Å². The molecule has 1 fully saturated rings. The van der Waals surface area contributed by atoms with Crippen molar-refractivity contribution in [2.75, 3.05) is 43.9 Å². The summed E-state index contributed by atoms with van der Waals surface area (Å²) in [5.41, 5.74) is 7.23. The van der Waals surface area contributed by atoms with Crippen LogP contribution in [-0.4, -0.2) is 61.3 Å². The molecule has 0 saturated carbocycles. The minimum absolute atomic E-state index is 0.279. The normalized spacial score (nSPS) is 15.3. The molecule has 0 bridgehead atoms. The molecule has 0 unspecified atom stereocenters. The van der Waals surface area contributed by atoms with Gasteiger partial charge in [-0.2, -0.15) is 9.57 Å². The minimum Gasteiger partial charge on any atom is -0.349 e. The molecule has 0 aliphatic carbocycles. The van der Waals surface area contributed by atoms with Gasteiger partial charge in [-0.1, -0.05) is 0 Å². The van der Waals surface area contributed by atoms with E-state index in [1.807, 2.05) is 4.90 Å². The molecule has 154 valence electrons. The van der Waals surface area contributed by atoms with Gasteiger partial charge in [0.15, 0.2) is 5.82 Å². The van der Waals surface area contributed by atoms with Crippen LogP contribution in [-0.2, 0) is 16.4 Å². The molecule has 0 spiro atoms. The third-order valence-electron chi connectivity index (χ3n) is 4.86. The van der Waals surface area contributed by atoms with E-state index in [1.165, 1.54) is 15.1 Å². The Morgan fingerprint density at radius 3 is 2.38 bits per heavy atom. The van der Waals surface area contributed by atoms with Crippen molar-refractivity contribution in [3.05, 3.63) is 52.1 Å². The van der Waals surface area contributed by atoms with Gasteiger partial charge in [-0.05, 0) is 43.7 Å². The van der Waals surface area contributed by atoms with Crippen LogP contribution in [0.4, 0.5) is 5.82 Å². The van der Waals surface area contributed by atoms with Crippen LogP contribution >= 0.6 is 0 Å². The van der Waals surface area contributed by atoms with Gasteiger partial charge in [0.1, 0.15) is 0 Å². The maximum absolute atomic E-state index is 13.2. The Bertz CT molecular complexity index is 1060. The van der Waals surface area contributed by atoms with Gasteiger partial charge in [0.2, 0.25) is 10.0 Å². The summed E-state index contributed by atoms with van der Waals surface area (Å²) in [5, 5.41) is 8.99. The van der Waals surface area contributed by atoms with Crippen LogP contribution in [0.15, 0.2) is 35.3 Å². The van der Waals surface area contributed by atoms with Crippen molar-refractivity contribution in [3.8, 4) is 11.8 Å². The van der Waals surface area contributed by atoms with Crippen molar-refractivity contribution in [1.29, 1.82) is 5.26 Å². The largest absolute Gasteiger partial charge is 0.349 e. The van der Waals surface area contributed by atoms with Crippen LogP contribution in [0.5, 0.6) is 0 Å². The molecule has 9 nitrogen and oxygen atoms in total. The molecule has 2 aromatic rings. The first-order chi connectivity index (χ1) is 13.8. The van der Waals surface area contributed by atoms with Gasteiger partial charge in [-0.3, -0.25) is 9.36 Å². The zero-order valence-corrected chi connectivity index (χ0v) is 17.1. The second-order valence-corrected chi connectivity index (χ2v) is 8.91. The Kier molecular flexibility index (Phi) is 6.32. The van der Waals surface area contributed by atoms with E-state index in [0.717, 1.165) is 12.1 Å². The summed E-state index contributed by atoms with van der Waals surface area (Å²) in [4.78, 5) is 19.6. The van der Waals surface area contributed by atoms with E-state index in [-0.39, 0.29) is 5.56 Å². The predicted octanol–water partition coefficient (Wildman–Crippen LogP) is 0.0771. The number of anilines is 1. The molecule has 1 aromatic carbocycles. The highest BCUT2D eigenvalue weighted by molar-refractivity contribution is 7.88. The molecule has 1 aliphatic rings. The molecule has 0 amide bonds. The Morgan fingerprint density at radius 1 is 1.17 bits per heavy atom. The first kappa shape index (κ1) is 21.0. The van der Waals surface area contributed by atoms with E-state index in [1.54, 1.807) is 30.5 Å². The number of rotatable bonds is 6. The summed E-state index contributed by atoms with van der Waals surface area (Å²) < 4.78 is 26.4. The van der Waals surface area contributed by atoms with Crippen molar-refractivity contribution in [2.24, 2.45) is 5.73 Å². The Morgan fingerprint density at radius 2 is 1.83 bits per heavy atom. The van der Waals surface area contributed by atoms with Crippen molar-refractivity contribution in [1.82, 2.24) is 13.9 Å². The Labute approximate surface area is 170 Å². The first-order valence-corrected chi connectivity index (χ1v) is 11.2. The second kappa shape index (κ2) is 8.73. The fourth-order valence-corrected chi connectivity index (χ4v) is 4.08. The van der Waals surface area contributed by atoms with E-state index in [4.69, 9.17) is 11.0 Å². The number of nitrogens with two attached hydrogens (primary N) is 1. The summed E-state index contributed by atoms with van der Waals surface area (Å²) >= 11 is 0. The van der Waals surface area contributed by atoms with E-state index in [2.05, 4.69) is 11.1 Å². The van der Waals surface area contributed by atoms with E-state index in [0.29, 0.717) is 56.2 Å². The average Bonchev–Trinajstić information content (AvgIpc) is 2.72. The monoisotopic (exact) mass is 416 g/mol. The number of piperazine rings is 1. The highest BCUT2D eigenvalue weighted by Gasteiger charge is 2.26. The molecule has 0 atom stereocenters. The van der Waals surface area contributed by atoms with Crippen LogP contribution in [0.1, 0.15) is 17.7 Å². The second-order valence-electron chi connectivity index (χ2n) is 6.93. The molecule has 10 heteroatoms. The van der Waals surface area contributed by atoms with Crippen molar-refractivity contribution < 1.29 is 8.42 Å². The smallest absolute Gasteiger partial charge is 0.298 e. The van der Waals surface area contributed by atoms with Crippen LogP contribution in [0.3, 0.4) is 0 Å². The number of nitriles is 1. The third kappa shape index (κ3) is 4.82. The van der Waals surface area contributed by atoms with Gasteiger partial charge in [0.25, 0.3) is 5.56 Å². The minimum atomic E-state index is -3.26. The number of aromatic nitrogens is 2. The topological polar surface area (TPSA) is 125 Å². The van der Waals surface area contributed by atoms with Crippen LogP contribution in [0.2, 0.25) is 0 Å². The van der Waals surface area contributed by atoms with E-state index >= 15 is 0 Å². The first-order valence-electron chi connectivity index (χ1n) is 9.36. The fourth-order valence-electron chi connectivity index (χ4n) is 3.26. The number of aryl methyl sites for hydroxylation is 1. The molecule has 1 aliphatic heterocycles. The SMILES string of the molecule is CS(=O)(=O)N1CCN(c2nc(CCCN)cn(-c3ccc(C#N)cc3)c2=O)CC1. The lowest BCUT2D eigenvalue weighted by atomic mass is 10.2. The molecule has 1 aromatic heterocycles. The van der Waals surface area contributed by atoms with Gasteiger partial charge in [-0.15, -0.1) is 0 Å². The number of benzene rings is 1. The molecule has 0 radical (unpaired) electrons. The summed E-state index contributed by atoms with van der Waals surface area (Å²) in [7, 11) is -3.26. The maximum atomic E-state index is 13.2. The van der Waals surface area contributed by atoms with Crippen molar-refractivity contribution in [2.45, 2.75) is 12.8 Å². The van der Waals surface area contributed by atoms with Crippen molar-refractivity contribution >= 4 is 15.8 Å². The average molecular weight is 417 g/mol. The molecule has 2 N–H and O–H groups in total. The van der Waals surface area contributed by atoms with Gasteiger partial charge < -0.3 is 10.6 Å². The molecular formula is C19H24N6O3S. The van der Waals surface area contributed by atoms with Gasteiger partial charge in [0, 0.05) is 38.1 Å². The van der Waals surface area contributed by atoms with Gasteiger partial charge >= 0.3 is 0 Å². The Balaban J connectivity index is 1.98. The lowest BCUT2D eigenvalue weighted by molar-refractivity contribution is 0.386. The van der Waals surface area contributed by atoms with Crippen LogP contribution < -0.4 is 16.2 Å². The van der Waals surface area contributed by atoms with Crippen LogP contribution in [0, 0.1) is 11.3 Å². The number of hydrogen-bond donors (Lipinski definition) is 1. The number of sulfonamides is 1. The molecule has 3 rings (SSSR count). The fraction of sp³-hybridized carbons (Fsp3) is 0.421. The standard InChI is InChI=1S/C19H24N6O3S/c1-29(27,28)24-11-9-23(10-12-24)18-19(26)25(14-16(22-18)3-2-8-20)17-6-4-15(13-21)5-7-17/h4-7,14H,2-3,8-12,20H2,1H3. The summed E-state index contributed by atoms with van der Waals surface area (Å²) in [6.07, 6.45) is 4.26. The predicted molar refractivity (Wildman–Crippen MR) is 111 cm³/mol.